The fourth-order valence-electron chi connectivity index (χ4n) is 1.91. The average molecular weight is 205 g/mol. The molecule has 0 radical (unpaired) electrons. The van der Waals surface area contributed by atoms with Gasteiger partial charge in [0.2, 0.25) is 0 Å². The minimum absolute atomic E-state index is 0.397. The van der Waals surface area contributed by atoms with Crippen molar-refractivity contribution in [3.05, 3.63) is 30.3 Å². The second kappa shape index (κ2) is 4.67. The summed E-state index contributed by atoms with van der Waals surface area (Å²) in [5, 5.41) is 3.50. The SMILES string of the molecule is CC1(CNc2ccccc2)CCOCC1. The van der Waals surface area contributed by atoms with Gasteiger partial charge in [-0.15, -0.1) is 0 Å². The number of para-hydroxylation sites is 1. The zero-order valence-electron chi connectivity index (χ0n) is 9.33. The highest BCUT2D eigenvalue weighted by atomic mass is 16.5. The molecule has 1 N–H and O–H groups in total. The molecular formula is C13H19NO. The van der Waals surface area contributed by atoms with Crippen molar-refractivity contribution in [3.8, 4) is 0 Å². The average Bonchev–Trinajstić information content (AvgIpc) is 2.29. The first-order valence-electron chi connectivity index (χ1n) is 5.65. The van der Waals surface area contributed by atoms with E-state index in [-0.39, 0.29) is 0 Å². The Morgan fingerprint density at radius 2 is 1.87 bits per heavy atom. The van der Waals surface area contributed by atoms with Gasteiger partial charge in [-0.25, -0.2) is 0 Å². The van der Waals surface area contributed by atoms with Gasteiger partial charge in [0.05, 0.1) is 0 Å². The van der Waals surface area contributed by atoms with Crippen molar-refractivity contribution in [1.82, 2.24) is 0 Å². The highest BCUT2D eigenvalue weighted by Gasteiger charge is 2.26. The molecule has 1 heterocycles. The summed E-state index contributed by atoms with van der Waals surface area (Å²) < 4.78 is 5.39. The third-order valence-electron chi connectivity index (χ3n) is 3.19. The molecule has 15 heavy (non-hydrogen) atoms. The zero-order valence-corrected chi connectivity index (χ0v) is 9.33. The van der Waals surface area contributed by atoms with Crippen LogP contribution in [0.4, 0.5) is 5.69 Å². The van der Waals surface area contributed by atoms with Crippen LogP contribution in [0.15, 0.2) is 30.3 Å². The molecule has 1 aromatic rings. The summed E-state index contributed by atoms with van der Waals surface area (Å²) in [6.45, 7) is 5.20. The van der Waals surface area contributed by atoms with E-state index < -0.39 is 0 Å². The normalized spacial score (nSPS) is 19.8. The maximum Gasteiger partial charge on any atom is 0.0471 e. The molecule has 1 fully saturated rings. The summed E-state index contributed by atoms with van der Waals surface area (Å²) in [6.07, 6.45) is 2.32. The molecule has 0 bridgehead atoms. The predicted octanol–water partition coefficient (Wildman–Crippen LogP) is 2.92. The van der Waals surface area contributed by atoms with Crippen molar-refractivity contribution in [1.29, 1.82) is 0 Å². The third kappa shape index (κ3) is 2.96. The van der Waals surface area contributed by atoms with Crippen molar-refractivity contribution >= 4 is 5.69 Å². The standard InChI is InChI=1S/C13H19NO/c1-13(7-9-15-10-8-13)11-14-12-5-3-2-4-6-12/h2-6,14H,7-11H2,1H3. The molecule has 2 nitrogen and oxygen atoms in total. The van der Waals surface area contributed by atoms with E-state index in [1.807, 2.05) is 6.07 Å². The van der Waals surface area contributed by atoms with Crippen LogP contribution in [0.5, 0.6) is 0 Å². The third-order valence-corrected chi connectivity index (χ3v) is 3.19. The largest absolute Gasteiger partial charge is 0.384 e. The zero-order chi connectivity index (χ0) is 10.6. The monoisotopic (exact) mass is 205 g/mol. The topological polar surface area (TPSA) is 21.3 Å². The van der Waals surface area contributed by atoms with Crippen LogP contribution < -0.4 is 5.32 Å². The van der Waals surface area contributed by atoms with Gasteiger partial charge in [0.15, 0.2) is 0 Å². The summed E-state index contributed by atoms with van der Waals surface area (Å²) in [6, 6.07) is 10.4. The molecule has 0 unspecified atom stereocenters. The first-order valence-corrected chi connectivity index (χ1v) is 5.65. The molecule has 0 spiro atoms. The summed E-state index contributed by atoms with van der Waals surface area (Å²) in [5.74, 6) is 0. The molecule has 0 atom stereocenters. The minimum Gasteiger partial charge on any atom is -0.384 e. The maximum atomic E-state index is 5.39. The molecule has 2 rings (SSSR count). The smallest absolute Gasteiger partial charge is 0.0471 e. The highest BCUT2D eigenvalue weighted by Crippen LogP contribution is 2.29. The second-order valence-corrected chi connectivity index (χ2v) is 4.64. The summed E-state index contributed by atoms with van der Waals surface area (Å²) in [4.78, 5) is 0. The lowest BCUT2D eigenvalue weighted by Gasteiger charge is -2.33. The molecule has 0 aromatic heterocycles. The number of anilines is 1. The lowest BCUT2D eigenvalue weighted by Crippen LogP contribution is -2.33. The minimum atomic E-state index is 0.397. The Hall–Kier alpha value is -1.02. The van der Waals surface area contributed by atoms with Crippen LogP contribution in [-0.4, -0.2) is 19.8 Å². The van der Waals surface area contributed by atoms with Crippen LogP contribution in [0, 0.1) is 5.41 Å². The predicted molar refractivity (Wildman–Crippen MR) is 63.1 cm³/mol. The molecule has 1 aromatic carbocycles. The summed E-state index contributed by atoms with van der Waals surface area (Å²) >= 11 is 0. The maximum absolute atomic E-state index is 5.39. The van der Waals surface area contributed by atoms with E-state index in [0.717, 1.165) is 32.6 Å². The van der Waals surface area contributed by atoms with Gasteiger partial charge in [-0.1, -0.05) is 25.1 Å². The molecule has 1 aliphatic rings. The van der Waals surface area contributed by atoms with Crippen LogP contribution in [0.3, 0.4) is 0 Å². The Bertz CT molecular complexity index is 291. The van der Waals surface area contributed by atoms with Crippen molar-refractivity contribution in [2.75, 3.05) is 25.1 Å². The number of ether oxygens (including phenoxy) is 1. The molecule has 1 saturated heterocycles. The molecule has 0 aliphatic carbocycles. The Kier molecular flexibility index (Phi) is 3.27. The fraction of sp³-hybridized carbons (Fsp3) is 0.538. The lowest BCUT2D eigenvalue weighted by atomic mass is 9.82. The summed E-state index contributed by atoms with van der Waals surface area (Å²) in [7, 11) is 0. The van der Waals surface area contributed by atoms with Gasteiger partial charge in [-0.2, -0.15) is 0 Å². The van der Waals surface area contributed by atoms with Crippen molar-refractivity contribution < 1.29 is 4.74 Å². The molecule has 0 amide bonds. The number of nitrogens with one attached hydrogen (secondary N) is 1. The fourth-order valence-corrected chi connectivity index (χ4v) is 1.91. The Morgan fingerprint density at radius 3 is 2.53 bits per heavy atom. The molecular weight excluding hydrogens is 186 g/mol. The summed E-state index contributed by atoms with van der Waals surface area (Å²) in [5.41, 5.74) is 1.61. The number of rotatable bonds is 3. The van der Waals surface area contributed by atoms with Gasteiger partial charge in [-0.3, -0.25) is 0 Å². The van der Waals surface area contributed by atoms with E-state index in [0.29, 0.717) is 5.41 Å². The van der Waals surface area contributed by atoms with Crippen LogP contribution in [0.1, 0.15) is 19.8 Å². The van der Waals surface area contributed by atoms with Crippen molar-refractivity contribution in [2.24, 2.45) is 5.41 Å². The van der Waals surface area contributed by atoms with E-state index in [4.69, 9.17) is 4.74 Å². The van der Waals surface area contributed by atoms with E-state index in [1.165, 1.54) is 5.69 Å². The van der Waals surface area contributed by atoms with Gasteiger partial charge in [0, 0.05) is 25.4 Å². The van der Waals surface area contributed by atoms with E-state index >= 15 is 0 Å². The van der Waals surface area contributed by atoms with Crippen LogP contribution in [-0.2, 0) is 4.74 Å². The lowest BCUT2D eigenvalue weighted by molar-refractivity contribution is 0.0300. The first-order chi connectivity index (χ1) is 7.29. The van der Waals surface area contributed by atoms with Crippen LogP contribution in [0.2, 0.25) is 0 Å². The van der Waals surface area contributed by atoms with E-state index in [9.17, 15) is 0 Å². The highest BCUT2D eigenvalue weighted by molar-refractivity contribution is 5.42. The van der Waals surface area contributed by atoms with Gasteiger partial charge >= 0.3 is 0 Å². The first kappa shape index (κ1) is 10.5. The van der Waals surface area contributed by atoms with Gasteiger partial charge in [-0.05, 0) is 30.4 Å². The molecule has 2 heteroatoms. The Labute approximate surface area is 91.6 Å². The van der Waals surface area contributed by atoms with Gasteiger partial charge in [0.1, 0.15) is 0 Å². The van der Waals surface area contributed by atoms with Crippen molar-refractivity contribution in [3.63, 3.8) is 0 Å². The number of hydrogen-bond donors (Lipinski definition) is 1. The number of hydrogen-bond acceptors (Lipinski definition) is 2. The number of benzene rings is 1. The van der Waals surface area contributed by atoms with Gasteiger partial charge < -0.3 is 10.1 Å². The quantitative estimate of drug-likeness (QED) is 0.819. The van der Waals surface area contributed by atoms with Gasteiger partial charge in [0.25, 0.3) is 0 Å². The molecule has 0 saturated carbocycles. The van der Waals surface area contributed by atoms with Crippen LogP contribution >= 0.6 is 0 Å². The Morgan fingerprint density at radius 1 is 1.20 bits per heavy atom. The van der Waals surface area contributed by atoms with E-state index in [2.05, 4.69) is 36.5 Å². The Balaban J connectivity index is 1.87. The molecule has 1 aliphatic heterocycles. The second-order valence-electron chi connectivity index (χ2n) is 4.64. The van der Waals surface area contributed by atoms with Crippen molar-refractivity contribution in [2.45, 2.75) is 19.8 Å². The molecule has 82 valence electrons. The van der Waals surface area contributed by atoms with E-state index in [1.54, 1.807) is 0 Å². The van der Waals surface area contributed by atoms with Crippen LogP contribution in [0.25, 0.3) is 0 Å².